The second-order valence-electron chi connectivity index (χ2n) is 7.31. The van der Waals surface area contributed by atoms with E-state index in [4.69, 9.17) is 0 Å². The molecule has 0 fully saturated rings. The molecule has 6 heteroatoms. The molecule has 0 aliphatic rings. The lowest BCUT2D eigenvalue weighted by molar-refractivity contribution is 0.571. The molecule has 2 heterocycles. The topological polar surface area (TPSA) is 94.4 Å². The Morgan fingerprint density at radius 3 is 2.26 bits per heavy atom. The van der Waals surface area contributed by atoms with Gasteiger partial charge in [0.2, 0.25) is 0 Å². The number of aromatic nitrogens is 4. The molecule has 3 N–H and O–H groups in total. The monoisotopic (exact) mass is 362 g/mol. The van der Waals surface area contributed by atoms with Gasteiger partial charge in [0.05, 0.1) is 12.0 Å². The fourth-order valence-electron chi connectivity index (χ4n) is 2.79. The largest absolute Gasteiger partial charge is 0.348 e. The van der Waals surface area contributed by atoms with Crippen LogP contribution < -0.4 is 21.8 Å². The Balaban J connectivity index is 2.13. The molecule has 138 valence electrons. The van der Waals surface area contributed by atoms with Crippen LogP contribution in [-0.2, 0) is 5.41 Å². The zero-order valence-corrected chi connectivity index (χ0v) is 15.6. The number of nitrogens with one attached hydrogen (secondary N) is 3. The van der Waals surface area contributed by atoms with Gasteiger partial charge in [-0.15, -0.1) is 0 Å². The molecule has 0 amide bonds. The summed E-state index contributed by atoms with van der Waals surface area (Å²) in [4.78, 5) is 37.5. The average molecular weight is 362 g/mol. The minimum absolute atomic E-state index is 0.162. The second kappa shape index (κ2) is 7.07. The average Bonchev–Trinajstić information content (AvgIpc) is 3.08. The molecule has 6 nitrogen and oxygen atoms in total. The van der Waals surface area contributed by atoms with Gasteiger partial charge in [0.25, 0.3) is 11.1 Å². The third-order valence-corrected chi connectivity index (χ3v) is 4.14. The first-order valence-corrected chi connectivity index (χ1v) is 8.60. The van der Waals surface area contributed by atoms with Crippen LogP contribution in [0.5, 0.6) is 0 Å². The minimum Gasteiger partial charge on any atom is -0.348 e. The molecule has 0 aliphatic carbocycles. The molecule has 3 rings (SSSR count). The Morgan fingerprint density at radius 1 is 1.00 bits per heavy atom. The SMILES string of the molecule is C=Cc1cccc(/C=c2/[nH]c(=O)/c(=C\c3nc[nH]c3C(C)(C)C)[nH]c2=O)c1. The lowest BCUT2D eigenvalue weighted by atomic mass is 9.90. The van der Waals surface area contributed by atoms with E-state index in [-0.39, 0.29) is 27.2 Å². The van der Waals surface area contributed by atoms with Gasteiger partial charge in [-0.2, -0.15) is 0 Å². The van der Waals surface area contributed by atoms with Gasteiger partial charge in [-0.25, -0.2) is 4.98 Å². The van der Waals surface area contributed by atoms with E-state index in [1.165, 1.54) is 0 Å². The molecule has 0 atom stereocenters. The molecule has 0 saturated carbocycles. The first kappa shape index (κ1) is 18.4. The van der Waals surface area contributed by atoms with Crippen LogP contribution in [-0.4, -0.2) is 19.9 Å². The van der Waals surface area contributed by atoms with Crippen LogP contribution >= 0.6 is 0 Å². The van der Waals surface area contributed by atoms with Crippen molar-refractivity contribution in [1.82, 2.24) is 19.9 Å². The molecular weight excluding hydrogens is 340 g/mol. The van der Waals surface area contributed by atoms with E-state index in [2.05, 4.69) is 26.5 Å². The summed E-state index contributed by atoms with van der Waals surface area (Å²) in [6.45, 7) is 9.86. The lowest BCUT2D eigenvalue weighted by Crippen LogP contribution is -2.46. The quantitative estimate of drug-likeness (QED) is 0.657. The van der Waals surface area contributed by atoms with Gasteiger partial charge in [0, 0.05) is 11.1 Å². The maximum Gasteiger partial charge on any atom is 0.272 e. The number of rotatable bonds is 3. The van der Waals surface area contributed by atoms with Gasteiger partial charge < -0.3 is 15.0 Å². The maximum atomic E-state index is 12.5. The van der Waals surface area contributed by atoms with Gasteiger partial charge >= 0.3 is 0 Å². The molecule has 27 heavy (non-hydrogen) atoms. The third kappa shape index (κ3) is 4.06. The number of nitrogens with zero attached hydrogens (tertiary/aromatic N) is 1. The van der Waals surface area contributed by atoms with Crippen molar-refractivity contribution in [3.63, 3.8) is 0 Å². The smallest absolute Gasteiger partial charge is 0.272 e. The number of benzene rings is 1. The predicted molar refractivity (Wildman–Crippen MR) is 108 cm³/mol. The number of H-pyrrole nitrogens is 3. The Morgan fingerprint density at radius 2 is 1.63 bits per heavy atom. The van der Waals surface area contributed by atoms with Crippen molar-refractivity contribution < 1.29 is 0 Å². The fourth-order valence-corrected chi connectivity index (χ4v) is 2.79. The van der Waals surface area contributed by atoms with Gasteiger partial charge in [-0.3, -0.25) is 9.59 Å². The molecule has 1 aromatic carbocycles. The second-order valence-corrected chi connectivity index (χ2v) is 7.31. The number of imidazole rings is 1. The Bertz CT molecular complexity index is 1220. The molecular formula is C21H22N4O2. The summed E-state index contributed by atoms with van der Waals surface area (Å²) in [5.41, 5.74) is 2.31. The molecule has 0 bridgehead atoms. The van der Waals surface area contributed by atoms with Crippen molar-refractivity contribution in [2.24, 2.45) is 0 Å². The van der Waals surface area contributed by atoms with Crippen molar-refractivity contribution in [3.05, 3.63) is 91.1 Å². The fraction of sp³-hybridized carbons (Fsp3) is 0.190. The Labute approximate surface area is 156 Å². The first-order valence-electron chi connectivity index (χ1n) is 8.60. The van der Waals surface area contributed by atoms with Gasteiger partial charge in [-0.05, 0) is 29.3 Å². The van der Waals surface area contributed by atoms with Crippen molar-refractivity contribution >= 4 is 18.2 Å². The normalized spacial score (nSPS) is 13.1. The van der Waals surface area contributed by atoms with Gasteiger partial charge in [-0.1, -0.05) is 51.6 Å². The predicted octanol–water partition coefficient (Wildman–Crippen LogP) is 1.38. The third-order valence-electron chi connectivity index (χ3n) is 4.14. The van der Waals surface area contributed by atoms with Crippen LogP contribution in [0.25, 0.3) is 18.2 Å². The highest BCUT2D eigenvalue weighted by molar-refractivity contribution is 5.56. The highest BCUT2D eigenvalue weighted by atomic mass is 16.1. The molecule has 0 spiro atoms. The Hall–Kier alpha value is -3.41. The molecule has 0 radical (unpaired) electrons. The van der Waals surface area contributed by atoms with Crippen molar-refractivity contribution in [2.75, 3.05) is 0 Å². The molecule has 3 aromatic rings. The zero-order chi connectivity index (χ0) is 19.6. The van der Waals surface area contributed by atoms with Crippen LogP contribution in [0.1, 0.15) is 43.3 Å². The number of aromatic amines is 3. The van der Waals surface area contributed by atoms with Crippen molar-refractivity contribution in [3.8, 4) is 0 Å². The van der Waals surface area contributed by atoms with Crippen LogP contribution in [0.3, 0.4) is 0 Å². The molecule has 2 aromatic heterocycles. The lowest BCUT2D eigenvalue weighted by Gasteiger charge is -2.16. The van der Waals surface area contributed by atoms with E-state index >= 15 is 0 Å². The van der Waals surface area contributed by atoms with E-state index in [0.717, 1.165) is 16.8 Å². The number of hydrogen-bond acceptors (Lipinski definition) is 3. The molecule has 0 unspecified atom stereocenters. The van der Waals surface area contributed by atoms with Gasteiger partial charge in [0.1, 0.15) is 10.7 Å². The molecule has 0 aliphatic heterocycles. The summed E-state index contributed by atoms with van der Waals surface area (Å²) in [5, 5.41) is 0.353. The maximum absolute atomic E-state index is 12.5. The highest BCUT2D eigenvalue weighted by Gasteiger charge is 2.19. The van der Waals surface area contributed by atoms with Gasteiger partial charge in [0.15, 0.2) is 0 Å². The van der Waals surface area contributed by atoms with E-state index in [0.29, 0.717) is 5.69 Å². The summed E-state index contributed by atoms with van der Waals surface area (Å²) in [5.74, 6) is 0. The summed E-state index contributed by atoms with van der Waals surface area (Å²) in [6.07, 6.45) is 6.51. The number of hydrogen-bond donors (Lipinski definition) is 3. The minimum atomic E-state index is -0.386. The van der Waals surface area contributed by atoms with Crippen LogP contribution in [0, 0.1) is 0 Å². The summed E-state index contributed by atoms with van der Waals surface area (Å²) >= 11 is 0. The van der Waals surface area contributed by atoms with E-state index < -0.39 is 0 Å². The summed E-state index contributed by atoms with van der Waals surface area (Å²) in [7, 11) is 0. The van der Waals surface area contributed by atoms with Crippen LogP contribution in [0.4, 0.5) is 0 Å². The van der Waals surface area contributed by atoms with E-state index in [1.807, 2.05) is 45.0 Å². The first-order chi connectivity index (χ1) is 12.8. The van der Waals surface area contributed by atoms with Crippen molar-refractivity contribution in [1.29, 1.82) is 0 Å². The van der Waals surface area contributed by atoms with E-state index in [9.17, 15) is 9.59 Å². The Kier molecular flexibility index (Phi) is 4.81. The van der Waals surface area contributed by atoms with E-state index in [1.54, 1.807) is 24.6 Å². The molecule has 0 saturated heterocycles. The van der Waals surface area contributed by atoms with Crippen molar-refractivity contribution in [2.45, 2.75) is 26.2 Å². The summed E-state index contributed by atoms with van der Waals surface area (Å²) < 4.78 is 0. The van der Waals surface area contributed by atoms with Crippen LogP contribution in [0.15, 0.2) is 46.8 Å². The summed E-state index contributed by atoms with van der Waals surface area (Å²) in [6, 6.07) is 7.50. The zero-order valence-electron chi connectivity index (χ0n) is 15.6. The standard InChI is InChI=1S/C21H22N4O2/c1-5-13-7-6-8-14(9-13)10-16-19(26)25-17(20(27)24-16)11-15-18(21(2,3)4)23-12-22-15/h5-12H,1H2,2-4H3,(H,22,23)(H,24,27)(H,25,26)/b16-10+,17-11+. The van der Waals surface area contributed by atoms with Crippen LogP contribution in [0.2, 0.25) is 0 Å². The highest BCUT2D eigenvalue weighted by Crippen LogP contribution is 2.22.